The Morgan fingerprint density at radius 2 is 1.17 bits per heavy atom. The van der Waals surface area contributed by atoms with E-state index in [-0.39, 0.29) is 0 Å². The Morgan fingerprint density at radius 3 is 1.66 bits per heavy atom. The smallest absolute Gasteiger partial charge is 0.414 e. The average Bonchev–Trinajstić information content (AvgIpc) is 3.48. The second kappa shape index (κ2) is 14.0. The van der Waals surface area contributed by atoms with Gasteiger partial charge in [0.25, 0.3) is 0 Å². The third kappa shape index (κ3) is 10.1. The number of aromatic nitrogens is 2. The van der Waals surface area contributed by atoms with Crippen molar-refractivity contribution in [3.63, 3.8) is 0 Å². The minimum Gasteiger partial charge on any atom is -0.473 e. The molecule has 4 rings (SSSR count). The quantitative estimate of drug-likeness (QED) is 0.354. The SMILES string of the molecule is O=C(O)C(=O)O.O=C(O)C(=O)O.c1ccc2[nH]c(CN3CCN(CCN4CCCC4)CC3)nc2c1. The molecule has 35 heavy (non-hydrogen) atoms. The summed E-state index contributed by atoms with van der Waals surface area (Å²) in [4.78, 5) is 52.3. The molecule has 5 N–H and O–H groups in total. The van der Waals surface area contributed by atoms with E-state index in [4.69, 9.17) is 44.6 Å². The molecule has 2 aliphatic rings. The summed E-state index contributed by atoms with van der Waals surface area (Å²) in [7, 11) is 0. The molecule has 0 radical (unpaired) electrons. The molecule has 3 heterocycles. The highest BCUT2D eigenvalue weighted by atomic mass is 16.4. The zero-order valence-corrected chi connectivity index (χ0v) is 19.3. The number of nitrogens with zero attached hydrogens (tertiary/aromatic N) is 4. The molecule has 0 atom stereocenters. The lowest BCUT2D eigenvalue weighted by Crippen LogP contribution is -2.47. The molecule has 2 aromatic rings. The van der Waals surface area contributed by atoms with E-state index in [0.29, 0.717) is 0 Å². The Kier molecular flexibility index (Phi) is 11.1. The highest BCUT2D eigenvalue weighted by molar-refractivity contribution is 6.27. The molecule has 0 spiro atoms. The van der Waals surface area contributed by atoms with Gasteiger partial charge in [-0.3, -0.25) is 9.80 Å². The fourth-order valence-electron chi connectivity index (χ4n) is 3.75. The van der Waals surface area contributed by atoms with Crippen LogP contribution in [-0.4, -0.2) is 121 Å². The van der Waals surface area contributed by atoms with E-state index in [2.05, 4.69) is 37.9 Å². The van der Waals surface area contributed by atoms with E-state index in [1.54, 1.807) is 0 Å². The summed E-state index contributed by atoms with van der Waals surface area (Å²) in [5, 5.41) is 29.6. The fourth-order valence-corrected chi connectivity index (χ4v) is 3.75. The number of aromatic amines is 1. The summed E-state index contributed by atoms with van der Waals surface area (Å²) in [6, 6.07) is 8.28. The van der Waals surface area contributed by atoms with Crippen LogP contribution in [0.3, 0.4) is 0 Å². The number of benzene rings is 1. The molecule has 1 aromatic carbocycles. The summed E-state index contributed by atoms with van der Waals surface area (Å²) in [6.07, 6.45) is 2.79. The van der Waals surface area contributed by atoms with E-state index < -0.39 is 23.9 Å². The molecule has 2 fully saturated rings. The van der Waals surface area contributed by atoms with Crippen molar-refractivity contribution >= 4 is 34.9 Å². The molecule has 1 aromatic heterocycles. The Balaban J connectivity index is 0.000000301. The number of H-pyrrole nitrogens is 1. The number of para-hydroxylation sites is 2. The Morgan fingerprint density at radius 1 is 0.714 bits per heavy atom. The zero-order valence-electron chi connectivity index (χ0n) is 19.3. The van der Waals surface area contributed by atoms with Crippen LogP contribution in [0.1, 0.15) is 18.7 Å². The zero-order chi connectivity index (χ0) is 25.8. The van der Waals surface area contributed by atoms with Gasteiger partial charge in [0, 0.05) is 39.3 Å². The fraction of sp³-hybridized carbons (Fsp3) is 0.500. The molecule has 0 unspecified atom stereocenters. The molecule has 0 amide bonds. The number of hydrogen-bond acceptors (Lipinski definition) is 8. The van der Waals surface area contributed by atoms with Gasteiger partial charge in [-0.25, -0.2) is 24.2 Å². The van der Waals surface area contributed by atoms with Gasteiger partial charge in [-0.2, -0.15) is 0 Å². The third-order valence-electron chi connectivity index (χ3n) is 5.57. The Bertz CT molecular complexity index is 916. The van der Waals surface area contributed by atoms with Crippen LogP contribution in [0.2, 0.25) is 0 Å². The van der Waals surface area contributed by atoms with Crippen molar-refractivity contribution in [2.45, 2.75) is 19.4 Å². The maximum absolute atomic E-state index is 9.10. The predicted octanol–water partition coefficient (Wildman–Crippen LogP) is 0.0875. The van der Waals surface area contributed by atoms with Gasteiger partial charge in [0.05, 0.1) is 17.6 Å². The molecule has 0 saturated carbocycles. The lowest BCUT2D eigenvalue weighted by Gasteiger charge is -2.35. The highest BCUT2D eigenvalue weighted by Gasteiger charge is 2.19. The van der Waals surface area contributed by atoms with Gasteiger partial charge in [-0.15, -0.1) is 0 Å². The van der Waals surface area contributed by atoms with Crippen molar-refractivity contribution in [3.8, 4) is 0 Å². The van der Waals surface area contributed by atoms with Crippen molar-refractivity contribution in [3.05, 3.63) is 30.1 Å². The van der Waals surface area contributed by atoms with Gasteiger partial charge in [-0.1, -0.05) is 12.1 Å². The minimum atomic E-state index is -1.82. The third-order valence-corrected chi connectivity index (χ3v) is 5.57. The number of carboxylic acid groups (broad SMARTS) is 4. The Hall–Kier alpha value is -3.55. The number of hydrogen-bond donors (Lipinski definition) is 5. The lowest BCUT2D eigenvalue weighted by atomic mass is 10.3. The average molecular weight is 494 g/mol. The standard InChI is InChI=1S/C18H27N5.2C2H2O4/c1-2-6-17-16(5-1)19-18(20-17)15-23-13-11-22(12-14-23)10-9-21-7-3-4-8-21;2*3-1(4)2(5)6/h1-2,5-6H,3-4,7-15H2,(H,19,20);2*(H,3,4)(H,5,6). The highest BCUT2D eigenvalue weighted by Crippen LogP contribution is 2.13. The number of imidazole rings is 1. The van der Waals surface area contributed by atoms with Gasteiger partial charge in [0.2, 0.25) is 0 Å². The first-order valence-electron chi connectivity index (χ1n) is 11.2. The van der Waals surface area contributed by atoms with Gasteiger partial charge >= 0.3 is 23.9 Å². The second-order valence-electron chi connectivity index (χ2n) is 8.09. The van der Waals surface area contributed by atoms with Crippen LogP contribution in [0.25, 0.3) is 11.0 Å². The first-order chi connectivity index (χ1) is 16.7. The molecule has 2 aliphatic heterocycles. The molecular weight excluding hydrogens is 462 g/mol. The van der Waals surface area contributed by atoms with Crippen molar-refractivity contribution in [2.75, 3.05) is 52.4 Å². The van der Waals surface area contributed by atoms with Gasteiger partial charge in [-0.05, 0) is 38.1 Å². The van der Waals surface area contributed by atoms with Gasteiger partial charge < -0.3 is 30.3 Å². The number of likely N-dealkylation sites (tertiary alicyclic amines) is 1. The normalized spacial score (nSPS) is 16.6. The number of carbonyl (C=O) groups is 4. The van der Waals surface area contributed by atoms with Crippen LogP contribution in [0.4, 0.5) is 0 Å². The minimum absolute atomic E-state index is 0.939. The van der Waals surface area contributed by atoms with E-state index >= 15 is 0 Å². The molecular formula is C22H31N5O8. The maximum Gasteiger partial charge on any atom is 0.414 e. The molecule has 0 bridgehead atoms. The van der Waals surface area contributed by atoms with Gasteiger partial charge in [0.15, 0.2) is 0 Å². The molecule has 13 heteroatoms. The number of carboxylic acids is 4. The molecule has 0 aliphatic carbocycles. The van der Waals surface area contributed by atoms with Crippen molar-refractivity contribution in [1.82, 2.24) is 24.7 Å². The largest absolute Gasteiger partial charge is 0.473 e. The maximum atomic E-state index is 9.10. The number of piperazine rings is 1. The first kappa shape index (κ1) is 27.7. The molecule has 13 nitrogen and oxygen atoms in total. The van der Waals surface area contributed by atoms with E-state index in [1.165, 1.54) is 52.1 Å². The summed E-state index contributed by atoms with van der Waals surface area (Å²) < 4.78 is 0. The van der Waals surface area contributed by atoms with Crippen LogP contribution in [0.15, 0.2) is 24.3 Å². The van der Waals surface area contributed by atoms with E-state index in [0.717, 1.165) is 36.5 Å². The molecule has 192 valence electrons. The van der Waals surface area contributed by atoms with Crippen molar-refractivity contribution < 1.29 is 39.6 Å². The monoisotopic (exact) mass is 493 g/mol. The number of rotatable bonds is 5. The topological polar surface area (TPSA) is 188 Å². The van der Waals surface area contributed by atoms with E-state index in [1.807, 2.05) is 6.07 Å². The number of nitrogens with one attached hydrogen (secondary N) is 1. The van der Waals surface area contributed by atoms with Crippen LogP contribution in [0, 0.1) is 0 Å². The predicted molar refractivity (Wildman–Crippen MR) is 124 cm³/mol. The van der Waals surface area contributed by atoms with E-state index in [9.17, 15) is 0 Å². The first-order valence-corrected chi connectivity index (χ1v) is 11.2. The molecule has 2 saturated heterocycles. The number of fused-ring (bicyclic) bond motifs is 1. The van der Waals surface area contributed by atoms with Crippen LogP contribution >= 0.6 is 0 Å². The number of aliphatic carboxylic acids is 4. The summed E-state index contributed by atoms with van der Waals surface area (Å²) in [6.45, 7) is 10.7. The Labute approximate surface area is 201 Å². The van der Waals surface area contributed by atoms with Gasteiger partial charge in [0.1, 0.15) is 5.82 Å². The lowest BCUT2D eigenvalue weighted by molar-refractivity contribution is -0.159. The van der Waals surface area contributed by atoms with Crippen LogP contribution in [-0.2, 0) is 25.7 Å². The van der Waals surface area contributed by atoms with Crippen LogP contribution < -0.4 is 0 Å². The summed E-state index contributed by atoms with van der Waals surface area (Å²) >= 11 is 0. The summed E-state index contributed by atoms with van der Waals surface area (Å²) in [5.74, 6) is -6.20. The van der Waals surface area contributed by atoms with Crippen LogP contribution in [0.5, 0.6) is 0 Å². The van der Waals surface area contributed by atoms with Crippen molar-refractivity contribution in [2.24, 2.45) is 0 Å². The van der Waals surface area contributed by atoms with Crippen molar-refractivity contribution in [1.29, 1.82) is 0 Å². The summed E-state index contributed by atoms with van der Waals surface area (Å²) in [5.41, 5.74) is 2.22. The second-order valence-corrected chi connectivity index (χ2v) is 8.09.